The zero-order valence-corrected chi connectivity index (χ0v) is 35.5. The Morgan fingerprint density at radius 1 is 0.547 bits per heavy atom. The highest BCUT2D eigenvalue weighted by Crippen LogP contribution is 2.16. The van der Waals surface area contributed by atoms with Crippen LogP contribution in [0.3, 0.4) is 0 Å². The molecule has 0 aromatic carbocycles. The first kappa shape index (κ1) is 51.1. The quantitative estimate of drug-likeness (QED) is 0.0288. The molecule has 0 spiro atoms. The van der Waals surface area contributed by atoms with E-state index in [1.807, 2.05) is 27.2 Å². The highest BCUT2D eigenvalue weighted by atomic mass is 16.6. The van der Waals surface area contributed by atoms with Gasteiger partial charge in [-0.15, -0.1) is 0 Å². The fourth-order valence-electron chi connectivity index (χ4n) is 6.70. The monoisotopic (exact) mass is 753 g/mol. The summed E-state index contributed by atoms with van der Waals surface area (Å²) in [6.45, 7) is 4.65. The lowest BCUT2D eigenvalue weighted by atomic mass is 10.0. The molecule has 312 valence electrons. The van der Waals surface area contributed by atoms with E-state index >= 15 is 0 Å². The number of allylic oxidation sites excluding steroid dienone is 2. The van der Waals surface area contributed by atoms with Crippen LogP contribution in [0, 0.1) is 0 Å². The predicted molar refractivity (Wildman–Crippen MR) is 220 cm³/mol. The molecule has 0 aliphatic rings. The summed E-state index contributed by atoms with van der Waals surface area (Å²) < 4.78 is 17.1. The zero-order valence-electron chi connectivity index (χ0n) is 35.5. The molecule has 8 nitrogen and oxygen atoms in total. The zero-order chi connectivity index (χ0) is 39.3. The van der Waals surface area contributed by atoms with Gasteiger partial charge in [0.2, 0.25) is 0 Å². The fourth-order valence-corrected chi connectivity index (χ4v) is 6.70. The summed E-state index contributed by atoms with van der Waals surface area (Å²) in [6, 6.07) is -0.613. The lowest BCUT2D eigenvalue weighted by Gasteiger charge is -2.31. The van der Waals surface area contributed by atoms with Gasteiger partial charge in [0.15, 0.2) is 12.1 Å². The Labute approximate surface area is 327 Å². The van der Waals surface area contributed by atoms with E-state index in [-0.39, 0.29) is 42.7 Å². The van der Waals surface area contributed by atoms with Crippen molar-refractivity contribution >= 4 is 17.9 Å². The molecule has 0 aliphatic heterocycles. The topological polar surface area (TPSA) is 99.1 Å². The van der Waals surface area contributed by atoms with Gasteiger partial charge in [-0.2, -0.15) is 0 Å². The molecule has 0 rings (SSSR count). The number of quaternary nitrogens is 1. The summed E-state index contributed by atoms with van der Waals surface area (Å²) in [6.07, 6.45) is 38.7. The number of ether oxygens (including phenoxy) is 3. The third kappa shape index (κ3) is 35.5. The van der Waals surface area contributed by atoms with Gasteiger partial charge in [0.25, 0.3) is 0 Å². The number of nitrogens with zero attached hydrogens (tertiary/aromatic N) is 1. The smallest absolute Gasteiger partial charge is 0.362 e. The molecule has 8 heteroatoms. The maximum absolute atomic E-state index is 12.7. The van der Waals surface area contributed by atoms with Crippen LogP contribution in [0.4, 0.5) is 0 Å². The van der Waals surface area contributed by atoms with Crippen molar-refractivity contribution in [3.05, 3.63) is 12.2 Å². The van der Waals surface area contributed by atoms with Crippen LogP contribution in [0.25, 0.3) is 0 Å². The summed E-state index contributed by atoms with van der Waals surface area (Å²) in [5.41, 5.74) is 0. The molecule has 0 aromatic heterocycles. The van der Waals surface area contributed by atoms with Gasteiger partial charge in [-0.05, 0) is 25.7 Å². The van der Waals surface area contributed by atoms with Gasteiger partial charge in [0, 0.05) is 19.3 Å². The van der Waals surface area contributed by atoms with Gasteiger partial charge in [-0.3, -0.25) is 9.59 Å². The van der Waals surface area contributed by atoms with Gasteiger partial charge in [0.05, 0.1) is 34.4 Å². The molecule has 0 radical (unpaired) electrons. The highest BCUT2D eigenvalue weighted by Gasteiger charge is 2.31. The van der Waals surface area contributed by atoms with Crippen LogP contribution in [0.2, 0.25) is 0 Å². The number of rotatable bonds is 40. The molecule has 2 unspecified atom stereocenters. The second-order valence-electron chi connectivity index (χ2n) is 16.3. The molecule has 0 heterocycles. The van der Waals surface area contributed by atoms with Crippen LogP contribution in [-0.2, 0) is 28.6 Å². The molecular formula is C45H86NO7+. The summed E-state index contributed by atoms with van der Waals surface area (Å²) in [7, 11) is 5.52. The number of aliphatic carboxylic acids is 1. The van der Waals surface area contributed by atoms with Crippen molar-refractivity contribution in [3.8, 4) is 0 Å². The molecule has 0 fully saturated rings. The molecular weight excluding hydrogens is 666 g/mol. The average Bonchev–Trinajstić information content (AvgIpc) is 3.11. The van der Waals surface area contributed by atoms with Crippen molar-refractivity contribution < 1.29 is 38.2 Å². The highest BCUT2D eigenvalue weighted by molar-refractivity contribution is 5.72. The number of likely N-dealkylation sites (N-methyl/N-ethyl adjacent to an activating group) is 1. The van der Waals surface area contributed by atoms with Gasteiger partial charge < -0.3 is 23.8 Å². The third-order valence-electron chi connectivity index (χ3n) is 10.2. The van der Waals surface area contributed by atoms with Crippen LogP contribution in [0.1, 0.15) is 206 Å². The van der Waals surface area contributed by atoms with E-state index in [1.54, 1.807) is 0 Å². The lowest BCUT2D eigenvalue weighted by molar-refractivity contribution is -0.887. The van der Waals surface area contributed by atoms with Gasteiger partial charge in [-0.1, -0.05) is 174 Å². The minimum atomic E-state index is -0.877. The normalized spacial score (nSPS) is 13.0. The van der Waals surface area contributed by atoms with E-state index < -0.39 is 18.1 Å². The largest absolute Gasteiger partial charge is 0.477 e. The molecule has 0 amide bonds. The molecule has 2 atom stereocenters. The van der Waals surface area contributed by atoms with Crippen molar-refractivity contribution in [1.29, 1.82) is 0 Å². The van der Waals surface area contributed by atoms with E-state index in [2.05, 4.69) is 19.9 Å². The predicted octanol–water partition coefficient (Wildman–Crippen LogP) is 11.9. The number of carbonyl (C=O) groups is 3. The van der Waals surface area contributed by atoms with Crippen molar-refractivity contribution in [2.45, 2.75) is 219 Å². The number of carboxylic acids is 1. The molecule has 0 saturated carbocycles. The van der Waals surface area contributed by atoms with Crippen LogP contribution in [0.5, 0.6) is 0 Å². The Kier molecular flexibility index (Phi) is 35.7. The molecule has 0 bridgehead atoms. The number of esters is 2. The van der Waals surface area contributed by atoms with Gasteiger partial charge in [-0.25, -0.2) is 4.79 Å². The molecule has 0 saturated heterocycles. The minimum Gasteiger partial charge on any atom is -0.477 e. The van der Waals surface area contributed by atoms with Crippen molar-refractivity contribution in [1.82, 2.24) is 0 Å². The van der Waals surface area contributed by atoms with E-state index in [1.165, 1.54) is 135 Å². The van der Waals surface area contributed by atoms with Gasteiger partial charge in [0.1, 0.15) is 6.61 Å². The van der Waals surface area contributed by atoms with Crippen molar-refractivity contribution in [2.75, 3.05) is 41.0 Å². The Morgan fingerprint density at radius 3 is 1.43 bits per heavy atom. The third-order valence-corrected chi connectivity index (χ3v) is 10.2. The molecule has 1 N–H and O–H groups in total. The number of carboxylic acid groups (broad SMARTS) is 1. The number of unbranched alkanes of at least 4 members (excludes halogenated alkanes) is 24. The van der Waals surface area contributed by atoms with Crippen molar-refractivity contribution in [3.63, 3.8) is 0 Å². The first-order valence-corrected chi connectivity index (χ1v) is 22.2. The number of hydrogen-bond acceptors (Lipinski definition) is 6. The van der Waals surface area contributed by atoms with E-state index in [0.717, 1.165) is 32.1 Å². The Bertz CT molecular complexity index is 885. The van der Waals surface area contributed by atoms with Crippen LogP contribution >= 0.6 is 0 Å². The Morgan fingerprint density at radius 2 is 0.981 bits per heavy atom. The molecule has 0 aromatic rings. The van der Waals surface area contributed by atoms with E-state index in [9.17, 15) is 19.5 Å². The summed E-state index contributed by atoms with van der Waals surface area (Å²) >= 11 is 0. The fraction of sp³-hybridized carbons (Fsp3) is 0.889. The van der Waals surface area contributed by atoms with Crippen LogP contribution < -0.4 is 0 Å². The average molecular weight is 753 g/mol. The standard InChI is InChI=1S/C45H85NO7/c1-6-8-10-12-14-15-16-17-18-19-20-21-22-23-24-25-26-27-28-30-32-34-36-44(48)53-41(39-51-38-37-42(45(49)50)46(3,4)5)40-52-43(47)35-33-31-29-13-11-9-7-2/h29,31,41-42H,6-28,30,32-40H2,1-5H3/p+1/b31-29+. The van der Waals surface area contributed by atoms with E-state index in [0.29, 0.717) is 19.3 Å². The SMILES string of the molecule is CCCCC/C=C/CCC(=O)OCC(COCCC(C(=O)O)[N+](C)(C)C)OC(=O)CCCCCCCCCCCCCCCCCCCCCCCC. The van der Waals surface area contributed by atoms with Crippen LogP contribution in [0.15, 0.2) is 12.2 Å². The Hall–Kier alpha value is -1.93. The molecule has 53 heavy (non-hydrogen) atoms. The number of hydrogen-bond donors (Lipinski definition) is 1. The number of carbonyl (C=O) groups excluding carboxylic acids is 2. The minimum absolute atomic E-state index is 0.0548. The summed E-state index contributed by atoms with van der Waals surface area (Å²) in [5.74, 6) is -1.52. The second-order valence-corrected chi connectivity index (χ2v) is 16.3. The van der Waals surface area contributed by atoms with Crippen LogP contribution in [-0.4, -0.2) is 80.6 Å². The Balaban J connectivity index is 4.12. The second kappa shape index (κ2) is 37.0. The van der Waals surface area contributed by atoms with Crippen molar-refractivity contribution in [2.24, 2.45) is 0 Å². The summed E-state index contributed by atoms with van der Waals surface area (Å²) in [4.78, 5) is 36.7. The lowest BCUT2D eigenvalue weighted by Crippen LogP contribution is -2.50. The molecule has 0 aliphatic carbocycles. The summed E-state index contributed by atoms with van der Waals surface area (Å²) in [5, 5.41) is 9.59. The van der Waals surface area contributed by atoms with E-state index in [4.69, 9.17) is 14.2 Å². The maximum atomic E-state index is 12.7. The first-order valence-electron chi connectivity index (χ1n) is 22.2. The maximum Gasteiger partial charge on any atom is 0.362 e. The first-order chi connectivity index (χ1) is 25.6. The van der Waals surface area contributed by atoms with Gasteiger partial charge >= 0.3 is 17.9 Å².